The minimum atomic E-state index is -5.79. The number of aromatic carboxylic acids is 1. The molecule has 2 unspecified atom stereocenters. The fourth-order valence-electron chi connectivity index (χ4n) is 6.79. The summed E-state index contributed by atoms with van der Waals surface area (Å²) in [5.74, 6) is -15.5. The summed E-state index contributed by atoms with van der Waals surface area (Å²) in [7, 11) is 6.55. The number of esters is 14. The molecular weight excluding hydrogens is 2040 g/mol. The number of halogens is 16. The van der Waals surface area contributed by atoms with Crippen molar-refractivity contribution < 1.29 is 217 Å². The summed E-state index contributed by atoms with van der Waals surface area (Å²) in [4.78, 5) is 177. The quantitative estimate of drug-likeness (QED) is 0.0156. The van der Waals surface area contributed by atoms with Crippen molar-refractivity contribution in [3.05, 3.63) is 142 Å². The van der Waals surface area contributed by atoms with E-state index in [1.54, 1.807) is 7.05 Å². The molecule has 0 saturated carbocycles. The summed E-state index contributed by atoms with van der Waals surface area (Å²) >= 11 is 4.13. The van der Waals surface area contributed by atoms with Crippen molar-refractivity contribution in [2.75, 3.05) is 108 Å². The molecule has 740 valence electrons. The number of hydrogen-bond donors (Lipinski definition) is 2. The average Bonchev–Trinajstić information content (AvgIpc) is 0.815. The first-order chi connectivity index (χ1) is 59.1. The van der Waals surface area contributed by atoms with Crippen LogP contribution in [0, 0.1) is 0 Å². The summed E-state index contributed by atoms with van der Waals surface area (Å²) in [6, 6.07) is 19.7. The highest BCUT2D eigenvalue weighted by Gasteiger charge is 2.61. The molecular formula is C77H110F14I2N4O30P2. The molecule has 34 nitrogen and oxygen atoms in total. The third-order valence-electron chi connectivity index (χ3n) is 13.0. The van der Waals surface area contributed by atoms with Crippen LogP contribution in [0.25, 0.3) is 0 Å². The third-order valence-corrected chi connectivity index (χ3v) is 13.0. The molecule has 2 atom stereocenters. The first-order valence-electron chi connectivity index (χ1n) is 36.3. The van der Waals surface area contributed by atoms with Crippen LogP contribution >= 0.6 is 57.8 Å². The lowest BCUT2D eigenvalue weighted by Gasteiger charge is -2.22. The monoisotopic (exact) mass is 2150 g/mol. The lowest BCUT2D eigenvalue weighted by molar-refractivity contribution is -0.361. The van der Waals surface area contributed by atoms with E-state index in [-0.39, 0.29) is 42.8 Å². The van der Waals surface area contributed by atoms with Crippen molar-refractivity contribution in [2.45, 2.75) is 140 Å². The molecule has 0 aliphatic rings. The largest absolute Gasteiger partial charge is 0.546 e. The Kier molecular flexibility index (Phi) is 92.0. The number of ether oxygens (including phenoxy) is 12. The van der Waals surface area contributed by atoms with Gasteiger partial charge in [-0.25, -0.2) is 47.9 Å². The van der Waals surface area contributed by atoms with Crippen LogP contribution in [0.5, 0.6) is 0 Å². The maximum absolute atomic E-state index is 12.2. The molecule has 0 saturated heterocycles. The number of nitrogens with zero attached hydrogens (tertiary/aromatic N) is 2. The molecule has 0 aliphatic carbocycles. The number of carboxylic acids is 2. The molecule has 0 spiro atoms. The Morgan fingerprint density at radius 1 is 0.333 bits per heavy atom. The molecule has 0 heterocycles. The number of benzene rings is 4. The Balaban J connectivity index is -0.000000137. The van der Waals surface area contributed by atoms with Crippen LogP contribution in [-0.4, -0.2) is 250 Å². The van der Waals surface area contributed by atoms with Crippen LogP contribution in [0.4, 0.5) is 62.1 Å². The highest BCUT2D eigenvalue weighted by Crippen LogP contribution is 2.37. The van der Waals surface area contributed by atoms with E-state index < -0.39 is 164 Å². The van der Waals surface area contributed by atoms with Crippen LogP contribution in [0.3, 0.4) is 0 Å². The number of quaternary nitrogens is 2. The zero-order valence-corrected chi connectivity index (χ0v) is 80.0. The number of carbonyl (C=O) groups excluding carboxylic acids is 16. The smallest absolute Gasteiger partial charge is 0.434 e. The van der Waals surface area contributed by atoms with E-state index in [0.29, 0.717) is 5.56 Å². The Morgan fingerprint density at radius 2 is 0.512 bits per heavy atom. The van der Waals surface area contributed by atoms with Crippen molar-refractivity contribution in [3.63, 3.8) is 0 Å². The Bertz CT molecular complexity index is 3670. The van der Waals surface area contributed by atoms with Gasteiger partial charge < -0.3 is 97.9 Å². The third kappa shape index (κ3) is 77.6. The number of rotatable bonds is 25. The van der Waals surface area contributed by atoms with Crippen molar-refractivity contribution in [1.82, 2.24) is 9.80 Å². The van der Waals surface area contributed by atoms with Crippen LogP contribution in [-0.2, 0) is 95.2 Å². The van der Waals surface area contributed by atoms with Crippen LogP contribution in [0.15, 0.2) is 97.1 Å². The first-order valence-corrected chi connectivity index (χ1v) is 44.7. The highest BCUT2D eigenvalue weighted by atomic mass is 127. The zero-order valence-electron chi connectivity index (χ0n) is 73.4. The lowest BCUT2D eigenvalue weighted by Crippen LogP contribution is -2.48. The van der Waals surface area contributed by atoms with Crippen molar-refractivity contribution in [2.24, 2.45) is 0 Å². The van der Waals surface area contributed by atoms with Gasteiger partial charge in [-0.2, -0.15) is 52.7 Å². The molecule has 4 rings (SSSR count). The fourth-order valence-corrected chi connectivity index (χ4v) is 6.79. The van der Waals surface area contributed by atoms with Crippen molar-refractivity contribution in [3.8, 4) is 0 Å². The standard InChI is InChI=1S/2C13H12O7.C12H8F6O4.C9H8O4.C7H6F6O4.2C6H15N.C4H6O4.C4H10.C2H7N.CH5N.2FH.2H2IP/c2*1-8(14)19-7-11(15)20-13(17)10-5-3-9(4-6-10)12(16)18-2;1-21-8(19)6-2-4-7(5-3-6)9(20)22-10(11(13,14)15)12(16,17)18;1-13-9(12)7-4-2-6(3-5-7)8(10)11;1-3(14)16-2-4(15)17-5(6(8,9)10)7(11,12)13;2*1-4-7(5-2)6-3;1-3(5)8-2-4(6)7;1-3-4-2;1-2-3;1-2;;;2*1-2/h2*3-6H,7H2,1-2H3;2-5,10H,1H3;2-5H,1H3,(H,10,11);5H,2H2,1H3;2*4-6H2,1-3H3;2H2,1H3,(H,6,7);3-4H2,1-2H3;2-3H2,1H3;2H2,1H3;2*1H;2*2H2. The van der Waals surface area contributed by atoms with E-state index in [9.17, 15) is 140 Å². The number of alkyl halides is 12. The number of carboxylic acid groups (broad SMARTS) is 2. The van der Waals surface area contributed by atoms with Gasteiger partial charge in [0.1, 0.15) is 6.61 Å². The van der Waals surface area contributed by atoms with Gasteiger partial charge in [-0.3, -0.25) is 28.6 Å². The van der Waals surface area contributed by atoms with Crippen LogP contribution < -0.4 is 21.7 Å². The van der Waals surface area contributed by atoms with Crippen LogP contribution in [0.2, 0.25) is 0 Å². The van der Waals surface area contributed by atoms with E-state index in [1.807, 2.05) is 6.92 Å². The maximum Gasteiger partial charge on any atom is 0.434 e. The summed E-state index contributed by atoms with van der Waals surface area (Å²) in [5.41, 5.74) is 7.14. The number of unbranched alkanes of at least 4 members (excludes halogenated alkanes) is 1. The molecule has 4 aromatic rings. The molecule has 0 radical (unpaired) electrons. The molecule has 129 heavy (non-hydrogen) atoms. The maximum atomic E-state index is 12.2. The molecule has 4 aromatic carbocycles. The van der Waals surface area contributed by atoms with E-state index in [4.69, 9.17) is 0 Å². The second kappa shape index (κ2) is 83.6. The molecule has 0 bridgehead atoms. The number of hydrogen-bond acceptors (Lipinski definition) is 32. The molecule has 0 amide bonds. The van der Waals surface area contributed by atoms with Gasteiger partial charge >= 0.3 is 108 Å². The predicted molar refractivity (Wildman–Crippen MR) is 453 cm³/mol. The van der Waals surface area contributed by atoms with Gasteiger partial charge in [-0.05, 0) is 137 Å². The van der Waals surface area contributed by atoms with Gasteiger partial charge in [-0.15, -0.1) is 0 Å². The zero-order chi connectivity index (χ0) is 101. The number of carbonyl (C=O) groups is 16. The van der Waals surface area contributed by atoms with E-state index in [2.05, 4.69) is 191 Å². The first kappa shape index (κ1) is 142. The highest BCUT2D eigenvalue weighted by molar-refractivity contribution is 14.2. The molecule has 0 fully saturated rings. The van der Waals surface area contributed by atoms with Gasteiger partial charge in [-0.1, -0.05) is 138 Å². The minimum absolute atomic E-state index is 0. The molecule has 6 N–H and O–H groups in total. The van der Waals surface area contributed by atoms with E-state index >= 15 is 0 Å². The predicted octanol–water partition coefficient (Wildman–Crippen LogP) is 9.62. The fraction of sp³-hybridized carbons (Fsp3) is 0.481. The Hall–Kier alpha value is -10.0. The minimum Gasteiger partial charge on any atom is -0.546 e. The second-order valence-corrected chi connectivity index (χ2v) is 22.1. The van der Waals surface area contributed by atoms with Crippen LogP contribution in [0.1, 0.15) is 186 Å². The topological polar surface area (TPSA) is 492 Å². The van der Waals surface area contributed by atoms with Gasteiger partial charge in [0.15, 0.2) is 19.8 Å². The summed E-state index contributed by atoms with van der Waals surface area (Å²) < 4.78 is 195. The van der Waals surface area contributed by atoms with Gasteiger partial charge in [0, 0.05) is 27.7 Å². The van der Waals surface area contributed by atoms with Gasteiger partial charge in [0.25, 0.3) is 12.2 Å². The lowest BCUT2D eigenvalue weighted by atomic mass is 10.1. The van der Waals surface area contributed by atoms with Gasteiger partial charge in [0.2, 0.25) is 0 Å². The number of aliphatic carboxylic acids is 1. The summed E-state index contributed by atoms with van der Waals surface area (Å²) in [5, 5.41) is 19.8. The summed E-state index contributed by atoms with van der Waals surface area (Å²) in [6.45, 7) is 33.3. The summed E-state index contributed by atoms with van der Waals surface area (Å²) in [6.07, 6.45) is -29.0. The average molecular weight is 2150 g/mol. The molecule has 52 heteroatoms. The van der Waals surface area contributed by atoms with Crippen molar-refractivity contribution >= 4 is 153 Å². The number of methoxy groups -OCH3 is 4. The molecule has 0 aliphatic heterocycles. The molecule has 0 aromatic heterocycles. The SMILES string of the molecule is CC(=O)OCC(=O)OC(C(F)(F)F)C(F)(F)F.CC(=O)OCC(=O)[O-].CCCC.CCN(CC)CC.CCN(CC)CC.CC[NH3+].COC(=O)c1ccc(C(=O)OC(=O)COC(C)=O)cc1.COC(=O)c1ccc(C(=O)OC(=O)COC(C)=O)cc1.COC(=O)c1ccc(C(=O)OC(C(F)(F)F)C(F)(F)F)cc1.COC(=O)c1ccc(C(=O)[O-])cc1.C[NH3+].F.F.PI.PI. The van der Waals surface area contributed by atoms with Gasteiger partial charge in [0.05, 0.1) is 92.9 Å². The normalized spacial score (nSPS) is 9.74. The Labute approximate surface area is 765 Å². The second-order valence-electron chi connectivity index (χ2n) is 22.1. The van der Waals surface area contributed by atoms with Crippen molar-refractivity contribution in [1.29, 1.82) is 0 Å². The van der Waals surface area contributed by atoms with E-state index in [1.165, 1.54) is 146 Å². The van der Waals surface area contributed by atoms with E-state index in [0.717, 1.165) is 65.6 Å². The Morgan fingerprint density at radius 3 is 0.667 bits per heavy atom.